The number of ether oxygens (including phenoxy) is 2. The summed E-state index contributed by atoms with van der Waals surface area (Å²) in [6.07, 6.45) is -1.44. The molecule has 0 radical (unpaired) electrons. The van der Waals surface area contributed by atoms with Gasteiger partial charge < -0.3 is 29.9 Å². The maximum absolute atomic E-state index is 12.1. The summed E-state index contributed by atoms with van der Waals surface area (Å²) < 4.78 is 11.8. The molecule has 7 nitrogen and oxygen atoms in total. The molecule has 4 bridgehead atoms. The number of esters is 1. The van der Waals surface area contributed by atoms with Crippen LogP contribution in [-0.2, 0) is 14.3 Å². The van der Waals surface area contributed by atoms with E-state index in [0.717, 1.165) is 19.3 Å². The van der Waals surface area contributed by atoms with E-state index in [1.54, 1.807) is 0 Å². The largest absolute Gasteiger partial charge is 0.456 e. The van der Waals surface area contributed by atoms with Gasteiger partial charge >= 0.3 is 5.97 Å². The maximum Gasteiger partial charge on any atom is 0.303 e. The van der Waals surface area contributed by atoms with Crippen LogP contribution in [0.1, 0.15) is 46.5 Å². The average molecular weight is 408 g/mol. The van der Waals surface area contributed by atoms with Crippen molar-refractivity contribution in [3.63, 3.8) is 0 Å². The number of aliphatic hydroxyl groups is 4. The van der Waals surface area contributed by atoms with Crippen LogP contribution < -0.4 is 0 Å². The first kappa shape index (κ1) is 19.9. The zero-order valence-corrected chi connectivity index (χ0v) is 17.3. The van der Waals surface area contributed by atoms with Crippen molar-refractivity contribution in [2.24, 2.45) is 34.0 Å². The highest BCUT2D eigenvalue weighted by Crippen LogP contribution is 2.77. The summed E-state index contributed by atoms with van der Waals surface area (Å²) in [5.74, 6) is -4.03. The third kappa shape index (κ3) is 1.95. The lowest BCUT2D eigenvalue weighted by Crippen LogP contribution is -2.86. The van der Waals surface area contributed by atoms with E-state index in [4.69, 9.17) is 9.47 Å². The fraction of sp³-hybridized carbons (Fsp3) is 0.864. The fourth-order valence-corrected chi connectivity index (χ4v) is 8.57. The summed E-state index contributed by atoms with van der Waals surface area (Å²) >= 11 is 0. The molecule has 4 aliphatic carbocycles. The average Bonchev–Trinajstić information content (AvgIpc) is 2.73. The number of rotatable bonds is 1. The zero-order chi connectivity index (χ0) is 21.1. The zero-order valence-electron chi connectivity index (χ0n) is 17.3. The SMILES string of the molecule is C=C1[C@@H](O)[C@@]23[C@H](O)[C@H]1C[C@H](O)[C@H]2[C@@]12CCCC(C)(C)[C@H]1[C@H](OC(C)=O)[C@@]3(O)OC2. The van der Waals surface area contributed by atoms with Crippen molar-refractivity contribution in [1.29, 1.82) is 0 Å². The van der Waals surface area contributed by atoms with Crippen LogP contribution in [0.2, 0.25) is 0 Å². The molecule has 2 spiro atoms. The lowest BCUT2D eigenvalue weighted by atomic mass is 9.35. The molecule has 2 saturated heterocycles. The Kier molecular flexibility index (Phi) is 3.87. The van der Waals surface area contributed by atoms with E-state index in [1.165, 1.54) is 6.92 Å². The minimum absolute atomic E-state index is 0.204. The summed E-state index contributed by atoms with van der Waals surface area (Å²) in [6, 6.07) is 0. The van der Waals surface area contributed by atoms with Gasteiger partial charge in [-0.3, -0.25) is 4.79 Å². The van der Waals surface area contributed by atoms with E-state index in [9.17, 15) is 25.2 Å². The molecule has 0 aromatic rings. The number of carbonyl (C=O) groups is 1. The van der Waals surface area contributed by atoms with E-state index in [2.05, 4.69) is 20.4 Å². The number of hydrogen-bond donors (Lipinski definition) is 4. The Bertz CT molecular complexity index is 779. The molecular weight excluding hydrogens is 376 g/mol. The molecule has 4 saturated carbocycles. The Balaban J connectivity index is 1.81. The first-order valence-electron chi connectivity index (χ1n) is 10.7. The molecular formula is C22H32O7. The topological polar surface area (TPSA) is 116 Å². The van der Waals surface area contributed by atoms with Crippen molar-refractivity contribution in [3.8, 4) is 0 Å². The predicted octanol–water partition coefficient (Wildman–Crippen LogP) is 0.738. The third-order valence-electron chi connectivity index (χ3n) is 9.25. The van der Waals surface area contributed by atoms with Crippen molar-refractivity contribution in [2.45, 2.75) is 76.7 Å². The summed E-state index contributed by atoms with van der Waals surface area (Å²) in [7, 11) is 0. The first-order chi connectivity index (χ1) is 13.4. The number of fused-ring (bicyclic) bond motifs is 2. The predicted molar refractivity (Wildman–Crippen MR) is 101 cm³/mol. The molecule has 0 unspecified atom stereocenters. The van der Waals surface area contributed by atoms with Crippen LogP contribution in [0.3, 0.4) is 0 Å². The molecule has 0 aromatic carbocycles. The molecule has 29 heavy (non-hydrogen) atoms. The lowest BCUT2D eigenvalue weighted by Gasteiger charge is -2.75. The summed E-state index contributed by atoms with van der Waals surface area (Å²) in [4.78, 5) is 12.1. The lowest BCUT2D eigenvalue weighted by molar-refractivity contribution is -0.474. The van der Waals surface area contributed by atoms with Gasteiger partial charge in [-0.05, 0) is 30.3 Å². The molecule has 6 rings (SSSR count). The number of aliphatic hydroxyl groups excluding tert-OH is 3. The molecule has 0 amide bonds. The summed E-state index contributed by atoms with van der Waals surface area (Å²) in [5.41, 5.74) is -2.06. The Morgan fingerprint density at radius 3 is 2.55 bits per heavy atom. The van der Waals surface area contributed by atoms with Crippen LogP contribution in [0.25, 0.3) is 0 Å². The molecule has 162 valence electrons. The van der Waals surface area contributed by atoms with Gasteiger partial charge in [-0.15, -0.1) is 0 Å². The van der Waals surface area contributed by atoms with E-state index in [-0.39, 0.29) is 17.9 Å². The van der Waals surface area contributed by atoms with Gasteiger partial charge in [0.2, 0.25) is 5.79 Å². The van der Waals surface area contributed by atoms with Gasteiger partial charge in [-0.1, -0.05) is 26.8 Å². The standard InChI is InChI=1S/C22H32O7/c1-10-12-8-13(24)14-20-7-5-6-19(3,4)15(20)18(29-11(2)23)22(27,28-9-20)21(14,16(10)25)17(12)26/h12-18,24-27H,1,5-9H2,2-4H3/t12-,13-,14-,15+,16+,17+,18-,20-,21+,22+/m0/s1. The normalized spacial score (nSPS) is 57.2. The molecule has 4 N–H and O–H groups in total. The fourth-order valence-electron chi connectivity index (χ4n) is 8.57. The first-order valence-corrected chi connectivity index (χ1v) is 10.7. The minimum atomic E-state index is -2.11. The molecule has 10 atom stereocenters. The van der Waals surface area contributed by atoms with Gasteiger partial charge in [-0.25, -0.2) is 0 Å². The molecule has 6 aliphatic rings. The van der Waals surface area contributed by atoms with Crippen molar-refractivity contribution in [2.75, 3.05) is 6.61 Å². The smallest absolute Gasteiger partial charge is 0.303 e. The van der Waals surface area contributed by atoms with E-state index < -0.39 is 58.8 Å². The van der Waals surface area contributed by atoms with E-state index >= 15 is 0 Å². The van der Waals surface area contributed by atoms with Gasteiger partial charge in [0, 0.05) is 30.1 Å². The molecule has 7 heteroatoms. The van der Waals surface area contributed by atoms with Gasteiger partial charge in [0.05, 0.1) is 30.3 Å². The Morgan fingerprint density at radius 2 is 1.90 bits per heavy atom. The van der Waals surface area contributed by atoms with Crippen LogP contribution in [-0.4, -0.2) is 63.2 Å². The highest BCUT2D eigenvalue weighted by molar-refractivity contribution is 5.66. The van der Waals surface area contributed by atoms with Crippen molar-refractivity contribution in [1.82, 2.24) is 0 Å². The molecule has 6 fully saturated rings. The monoisotopic (exact) mass is 408 g/mol. The second kappa shape index (κ2) is 5.62. The van der Waals surface area contributed by atoms with Crippen molar-refractivity contribution < 1.29 is 34.7 Å². The van der Waals surface area contributed by atoms with Crippen LogP contribution in [0.5, 0.6) is 0 Å². The quantitative estimate of drug-likeness (QED) is 0.373. The van der Waals surface area contributed by atoms with Crippen molar-refractivity contribution in [3.05, 3.63) is 12.2 Å². The van der Waals surface area contributed by atoms with Gasteiger partial charge in [0.15, 0.2) is 6.10 Å². The second-order valence-corrected chi connectivity index (χ2v) is 10.8. The van der Waals surface area contributed by atoms with Crippen molar-refractivity contribution >= 4 is 5.97 Å². The van der Waals surface area contributed by atoms with E-state index in [0.29, 0.717) is 12.0 Å². The van der Waals surface area contributed by atoms with Gasteiger partial charge in [0.25, 0.3) is 0 Å². The Labute approximate surface area is 170 Å². The highest BCUT2D eigenvalue weighted by Gasteiger charge is 2.87. The number of hydrogen-bond acceptors (Lipinski definition) is 7. The number of carbonyl (C=O) groups excluding carboxylic acids is 1. The Hall–Kier alpha value is -0.990. The Morgan fingerprint density at radius 1 is 1.21 bits per heavy atom. The van der Waals surface area contributed by atoms with Gasteiger partial charge in [-0.2, -0.15) is 0 Å². The van der Waals surface area contributed by atoms with E-state index in [1.807, 2.05) is 0 Å². The molecule has 0 aromatic heterocycles. The molecule has 2 aliphatic heterocycles. The minimum Gasteiger partial charge on any atom is -0.456 e. The summed E-state index contributed by atoms with van der Waals surface area (Å²) in [6.45, 7) is 9.68. The third-order valence-corrected chi connectivity index (χ3v) is 9.25. The maximum atomic E-state index is 12.1. The van der Waals surface area contributed by atoms with Crippen LogP contribution in [0, 0.1) is 34.0 Å². The van der Waals surface area contributed by atoms with Crippen LogP contribution >= 0.6 is 0 Å². The summed E-state index contributed by atoms with van der Waals surface area (Å²) in [5, 5.41) is 46.1. The van der Waals surface area contributed by atoms with Crippen LogP contribution in [0.4, 0.5) is 0 Å². The second-order valence-electron chi connectivity index (χ2n) is 10.8. The van der Waals surface area contributed by atoms with Gasteiger partial charge in [0.1, 0.15) is 0 Å². The van der Waals surface area contributed by atoms with Crippen LogP contribution in [0.15, 0.2) is 12.2 Å². The highest BCUT2D eigenvalue weighted by atomic mass is 16.7. The molecule has 2 heterocycles.